The van der Waals surface area contributed by atoms with Gasteiger partial charge in [0.2, 0.25) is 0 Å². The van der Waals surface area contributed by atoms with Crippen molar-refractivity contribution in [1.82, 2.24) is 0 Å². The molecule has 0 unspecified atom stereocenters. The van der Waals surface area contributed by atoms with Crippen LogP contribution in [0.2, 0.25) is 0 Å². The van der Waals surface area contributed by atoms with E-state index in [0.717, 1.165) is 0 Å². The summed E-state index contributed by atoms with van der Waals surface area (Å²) >= 11 is 2.33. The van der Waals surface area contributed by atoms with Crippen molar-refractivity contribution in [2.45, 2.75) is 0 Å². The molecule has 0 aliphatic heterocycles. The molecule has 0 saturated carbocycles. The number of hydrogen-bond donors (Lipinski definition) is 2. The fourth-order valence-corrected chi connectivity index (χ4v) is 0.234. The SMILES string of the molecule is N/C([Se])=N\N=C/C(=O)O. The molecule has 0 aliphatic rings. The number of carboxylic acid groups (broad SMARTS) is 1. The van der Waals surface area contributed by atoms with Crippen molar-refractivity contribution in [2.75, 3.05) is 0 Å². The summed E-state index contributed by atoms with van der Waals surface area (Å²) in [5.41, 5.74) is 4.97. The predicted molar refractivity (Wildman–Crippen MR) is 33.5 cm³/mol. The Labute approximate surface area is 59.5 Å². The van der Waals surface area contributed by atoms with Gasteiger partial charge in [-0.05, 0) is 0 Å². The van der Waals surface area contributed by atoms with Crippen LogP contribution in [0.4, 0.5) is 0 Å². The Morgan fingerprint density at radius 2 is 2.33 bits per heavy atom. The molecule has 0 aromatic rings. The van der Waals surface area contributed by atoms with Gasteiger partial charge in [-0.3, -0.25) is 0 Å². The van der Waals surface area contributed by atoms with E-state index in [2.05, 4.69) is 26.2 Å². The number of nitrogens with zero attached hydrogens (tertiary/aromatic N) is 2. The summed E-state index contributed by atoms with van der Waals surface area (Å²) in [7, 11) is 0. The number of rotatable bonds is 2. The summed E-state index contributed by atoms with van der Waals surface area (Å²) in [6.45, 7) is 0. The van der Waals surface area contributed by atoms with Crippen LogP contribution in [0.3, 0.4) is 0 Å². The topological polar surface area (TPSA) is 88.0 Å². The van der Waals surface area contributed by atoms with Crippen LogP contribution in [-0.4, -0.2) is 38.0 Å². The molecule has 0 bridgehead atoms. The van der Waals surface area contributed by atoms with Crippen molar-refractivity contribution >= 4 is 32.9 Å². The van der Waals surface area contributed by atoms with Gasteiger partial charge < -0.3 is 0 Å². The number of carboxylic acids is 1. The van der Waals surface area contributed by atoms with Gasteiger partial charge in [-0.15, -0.1) is 0 Å². The van der Waals surface area contributed by atoms with Crippen LogP contribution >= 0.6 is 0 Å². The van der Waals surface area contributed by atoms with Crippen molar-refractivity contribution in [2.24, 2.45) is 15.9 Å². The van der Waals surface area contributed by atoms with Gasteiger partial charge in [-0.2, -0.15) is 0 Å². The third kappa shape index (κ3) is 7.13. The second-order valence-electron chi connectivity index (χ2n) is 1.02. The number of carbonyl (C=O) groups is 1. The van der Waals surface area contributed by atoms with E-state index in [-0.39, 0.29) is 4.73 Å². The fourth-order valence-electron chi connectivity index (χ4n) is 0.135. The average Bonchev–Trinajstić information content (AvgIpc) is 1.63. The quantitative estimate of drug-likeness (QED) is 0.243. The third-order valence-electron chi connectivity index (χ3n) is 0.324. The van der Waals surface area contributed by atoms with Gasteiger partial charge in [0.05, 0.1) is 0 Å². The Hall–Kier alpha value is -0.871. The molecular weight excluding hydrogens is 189 g/mol. The molecule has 0 aromatic carbocycles. The number of nitrogens with two attached hydrogens (primary N) is 1. The van der Waals surface area contributed by atoms with Crippen molar-refractivity contribution in [3.63, 3.8) is 0 Å². The van der Waals surface area contributed by atoms with E-state index < -0.39 is 5.97 Å². The van der Waals surface area contributed by atoms with Crippen LogP contribution in [0.1, 0.15) is 0 Å². The van der Waals surface area contributed by atoms with Crippen molar-refractivity contribution < 1.29 is 9.90 Å². The van der Waals surface area contributed by atoms with Crippen molar-refractivity contribution in [3.8, 4) is 0 Å². The van der Waals surface area contributed by atoms with E-state index in [0.29, 0.717) is 6.21 Å². The first kappa shape index (κ1) is 8.13. The van der Waals surface area contributed by atoms with Crippen LogP contribution in [0.25, 0.3) is 0 Å². The Morgan fingerprint density at radius 1 is 1.78 bits per heavy atom. The van der Waals surface area contributed by atoms with Gasteiger partial charge in [-0.1, -0.05) is 0 Å². The molecule has 0 spiro atoms. The van der Waals surface area contributed by atoms with Crippen LogP contribution in [0.15, 0.2) is 10.2 Å². The normalized spacial score (nSPS) is 12.2. The molecule has 0 atom stereocenters. The van der Waals surface area contributed by atoms with Gasteiger partial charge in [0.15, 0.2) is 0 Å². The average molecular weight is 193 g/mol. The molecule has 0 saturated heterocycles. The summed E-state index contributed by atoms with van der Waals surface area (Å²) in [5, 5.41) is 14.2. The zero-order valence-corrected chi connectivity index (χ0v) is 6.03. The second-order valence-corrected chi connectivity index (χ2v) is 1.90. The molecular formula is C3H4N3O2Se. The van der Waals surface area contributed by atoms with Crippen LogP contribution in [0, 0.1) is 0 Å². The molecule has 5 nitrogen and oxygen atoms in total. The molecule has 6 heteroatoms. The van der Waals surface area contributed by atoms with Crippen molar-refractivity contribution in [3.05, 3.63) is 0 Å². The van der Waals surface area contributed by atoms with Gasteiger partial charge in [0, 0.05) is 0 Å². The zero-order chi connectivity index (χ0) is 7.28. The van der Waals surface area contributed by atoms with E-state index in [9.17, 15) is 4.79 Å². The summed E-state index contributed by atoms with van der Waals surface area (Å²) < 4.78 is 0.104. The Balaban J connectivity index is 3.74. The zero-order valence-electron chi connectivity index (χ0n) is 4.31. The minimum absolute atomic E-state index is 0.104. The Morgan fingerprint density at radius 3 is 2.67 bits per heavy atom. The first-order valence-corrected chi connectivity index (χ1v) is 2.75. The fraction of sp³-hybridized carbons (Fsp3) is 0. The molecule has 1 radical (unpaired) electrons. The molecule has 0 amide bonds. The van der Waals surface area contributed by atoms with Gasteiger partial charge in [0.1, 0.15) is 0 Å². The molecule has 49 valence electrons. The molecule has 3 N–H and O–H groups in total. The van der Waals surface area contributed by atoms with E-state index in [1.54, 1.807) is 0 Å². The van der Waals surface area contributed by atoms with E-state index in [4.69, 9.17) is 10.8 Å². The van der Waals surface area contributed by atoms with Gasteiger partial charge in [-0.25, -0.2) is 0 Å². The van der Waals surface area contributed by atoms with Crippen molar-refractivity contribution in [1.29, 1.82) is 0 Å². The first-order chi connectivity index (χ1) is 4.13. The standard InChI is InChI=1S/C3H4N3O2Se/c4-3(9)6-5-1-2(7)8/h1H,(H2,4,6)(H,7,8)/b5-1-. The maximum absolute atomic E-state index is 9.71. The molecule has 0 fully saturated rings. The first-order valence-electron chi connectivity index (χ1n) is 1.89. The Bertz CT molecular complexity index is 160. The van der Waals surface area contributed by atoms with Gasteiger partial charge >= 0.3 is 58.8 Å². The summed E-state index contributed by atoms with van der Waals surface area (Å²) in [4.78, 5) is 9.71. The van der Waals surface area contributed by atoms with E-state index >= 15 is 0 Å². The van der Waals surface area contributed by atoms with Gasteiger partial charge in [0.25, 0.3) is 0 Å². The van der Waals surface area contributed by atoms with E-state index in [1.165, 1.54) is 0 Å². The minimum atomic E-state index is -1.15. The third-order valence-corrected chi connectivity index (χ3v) is 0.496. The predicted octanol–water partition coefficient (Wildman–Crippen LogP) is -1.46. The summed E-state index contributed by atoms with van der Waals surface area (Å²) in [5.74, 6) is -1.15. The van der Waals surface area contributed by atoms with Crippen LogP contribution in [-0.2, 0) is 4.79 Å². The monoisotopic (exact) mass is 194 g/mol. The van der Waals surface area contributed by atoms with Crippen LogP contribution < -0.4 is 5.73 Å². The summed E-state index contributed by atoms with van der Waals surface area (Å²) in [6.07, 6.45) is 0.643. The van der Waals surface area contributed by atoms with Crippen LogP contribution in [0.5, 0.6) is 0 Å². The molecule has 0 aliphatic carbocycles. The number of hydrogen-bond acceptors (Lipinski definition) is 3. The number of aliphatic carboxylic acids is 1. The molecule has 9 heavy (non-hydrogen) atoms. The Kier molecular flexibility index (Phi) is 3.66. The number of amidine groups is 1. The summed E-state index contributed by atoms with van der Waals surface area (Å²) in [6, 6.07) is 0. The molecule has 0 aromatic heterocycles. The molecule has 0 heterocycles. The second kappa shape index (κ2) is 4.05. The maximum atomic E-state index is 9.71. The van der Waals surface area contributed by atoms with E-state index in [1.807, 2.05) is 0 Å². The molecule has 0 rings (SSSR count).